The maximum atomic E-state index is 13.0. The maximum Gasteiger partial charge on any atom is 0.268 e. The highest BCUT2D eigenvalue weighted by molar-refractivity contribution is 7.45. The highest BCUT2D eigenvalue weighted by Gasteiger charge is 2.23. The van der Waals surface area contributed by atoms with E-state index in [4.69, 9.17) is 9.05 Å². The van der Waals surface area contributed by atoms with Crippen molar-refractivity contribution in [3.05, 3.63) is 48.6 Å². The Morgan fingerprint density at radius 1 is 0.417 bits per heavy atom. The van der Waals surface area contributed by atoms with E-state index in [9.17, 15) is 19.4 Å². The smallest absolute Gasteiger partial charge is 0.268 e. The summed E-state index contributed by atoms with van der Waals surface area (Å²) in [5.74, 6) is -0.189. The van der Waals surface area contributed by atoms with Crippen molar-refractivity contribution < 1.29 is 32.9 Å². The van der Waals surface area contributed by atoms with Gasteiger partial charge in [-0.05, 0) is 57.8 Å². The summed E-state index contributed by atoms with van der Waals surface area (Å²) in [7, 11) is 1.28. The zero-order valence-corrected chi connectivity index (χ0v) is 57.8. The largest absolute Gasteiger partial charge is 0.756 e. The van der Waals surface area contributed by atoms with E-state index in [1.807, 2.05) is 27.2 Å². The van der Waals surface area contributed by atoms with Gasteiger partial charge in [0.15, 0.2) is 0 Å². The van der Waals surface area contributed by atoms with Crippen LogP contribution in [0.5, 0.6) is 0 Å². The third-order valence-electron chi connectivity index (χ3n) is 17.0. The molecule has 0 heterocycles. The number of allylic oxidation sites excluding steroid dienone is 7. The van der Waals surface area contributed by atoms with E-state index in [1.54, 1.807) is 6.08 Å². The first-order valence-electron chi connectivity index (χ1n) is 37.0. The number of amides is 1. The molecule has 0 aromatic heterocycles. The summed E-state index contributed by atoms with van der Waals surface area (Å²) in [4.78, 5) is 25.6. The number of likely N-dealkylation sites (N-methyl/N-ethyl adjacent to an activating group) is 1. The van der Waals surface area contributed by atoms with Gasteiger partial charge in [0, 0.05) is 6.42 Å². The lowest BCUT2D eigenvalue weighted by Gasteiger charge is -2.29. The second-order valence-electron chi connectivity index (χ2n) is 26.7. The molecule has 8 nitrogen and oxygen atoms in total. The van der Waals surface area contributed by atoms with Gasteiger partial charge in [0.2, 0.25) is 5.91 Å². The Morgan fingerprint density at radius 2 is 0.690 bits per heavy atom. The number of carbonyl (C=O) groups excluding carboxylic acids is 1. The van der Waals surface area contributed by atoms with Crippen LogP contribution in [0.2, 0.25) is 0 Å². The molecule has 84 heavy (non-hydrogen) atoms. The minimum atomic E-state index is -4.60. The molecule has 0 saturated carbocycles. The lowest BCUT2D eigenvalue weighted by atomic mass is 10.0. The molecule has 2 N–H and O–H groups in total. The zero-order valence-electron chi connectivity index (χ0n) is 56.9. The number of quaternary nitrogens is 1. The van der Waals surface area contributed by atoms with Crippen LogP contribution < -0.4 is 10.2 Å². The van der Waals surface area contributed by atoms with Crippen LogP contribution in [-0.2, 0) is 18.4 Å². The SMILES string of the molecule is CCCCCCC/C=C\C/C=C\C/C=C\CCCCCCCCCCCCCCCCCCCCCCCCCCCCC(=O)NC(COP(=O)([O-])OCC[N+](C)(C)C)C(O)/C=C/CCCCCCCCCCCCCCCCCCCCC. The topological polar surface area (TPSA) is 108 Å². The molecule has 0 rings (SSSR count). The van der Waals surface area contributed by atoms with Gasteiger partial charge >= 0.3 is 0 Å². The zero-order chi connectivity index (χ0) is 61.2. The standard InChI is InChI=1S/C75H145N2O6P/c1-6-8-10-12-14-16-18-20-22-24-26-28-29-30-31-32-33-34-35-36-37-38-39-40-41-42-43-44-45-46-47-49-51-53-55-57-59-61-63-65-67-69-75(79)76-73(72-83-84(80,81)82-71-70-77(3,4)5)74(78)68-66-64-62-60-58-56-54-52-50-48-27-25-23-21-19-17-15-13-11-9-7-2/h18,20,24,26,29-30,66,68,73-74,78H,6-17,19,21-23,25,27-28,31-65,67,69-72H2,1-5H3,(H-,76,79,80,81)/b20-18-,26-24-,30-29-,68-66+. The Bertz CT molecular complexity index is 1510. The van der Waals surface area contributed by atoms with Crippen LogP contribution in [0.4, 0.5) is 0 Å². The lowest BCUT2D eigenvalue weighted by Crippen LogP contribution is -2.45. The summed E-state index contributed by atoms with van der Waals surface area (Å²) in [5, 5.41) is 14.0. The molecule has 0 aliphatic rings. The number of rotatable bonds is 69. The molecule has 0 radical (unpaired) electrons. The van der Waals surface area contributed by atoms with Crippen LogP contribution >= 0.6 is 7.82 Å². The normalized spacial score (nSPS) is 13.8. The first kappa shape index (κ1) is 82.5. The summed E-state index contributed by atoms with van der Waals surface area (Å²) in [6.45, 7) is 4.69. The van der Waals surface area contributed by atoms with Crippen LogP contribution in [0.1, 0.15) is 373 Å². The van der Waals surface area contributed by atoms with Crippen molar-refractivity contribution >= 4 is 13.7 Å². The fraction of sp³-hybridized carbons (Fsp3) is 0.880. The number of carbonyl (C=O) groups is 1. The fourth-order valence-electron chi connectivity index (χ4n) is 11.3. The Morgan fingerprint density at radius 3 is 1.00 bits per heavy atom. The molecule has 496 valence electrons. The average molecular weight is 1200 g/mol. The third kappa shape index (κ3) is 68.0. The molecule has 9 heteroatoms. The van der Waals surface area contributed by atoms with E-state index in [1.165, 1.54) is 302 Å². The molecule has 0 aromatic rings. The quantitative estimate of drug-likeness (QED) is 0.0272. The predicted molar refractivity (Wildman–Crippen MR) is 367 cm³/mol. The molecule has 3 unspecified atom stereocenters. The fourth-order valence-corrected chi connectivity index (χ4v) is 12.0. The number of phosphoric acid groups is 1. The van der Waals surface area contributed by atoms with Gasteiger partial charge in [-0.15, -0.1) is 0 Å². The molecule has 0 bridgehead atoms. The van der Waals surface area contributed by atoms with E-state index in [0.717, 1.165) is 51.4 Å². The van der Waals surface area contributed by atoms with Crippen LogP contribution in [0.15, 0.2) is 48.6 Å². The molecule has 0 spiro atoms. The van der Waals surface area contributed by atoms with Crippen LogP contribution in [0.25, 0.3) is 0 Å². The number of hydrogen-bond donors (Lipinski definition) is 2. The van der Waals surface area contributed by atoms with Gasteiger partial charge in [-0.2, -0.15) is 0 Å². The van der Waals surface area contributed by atoms with Crippen molar-refractivity contribution in [2.45, 2.75) is 386 Å². The van der Waals surface area contributed by atoms with E-state index in [0.29, 0.717) is 17.4 Å². The number of nitrogens with zero attached hydrogens (tertiary/aromatic N) is 1. The lowest BCUT2D eigenvalue weighted by molar-refractivity contribution is -0.870. The number of phosphoric ester groups is 1. The van der Waals surface area contributed by atoms with E-state index in [2.05, 4.69) is 55.6 Å². The highest BCUT2D eigenvalue weighted by atomic mass is 31.2. The number of aliphatic hydroxyl groups is 1. The molecule has 0 aromatic carbocycles. The first-order chi connectivity index (χ1) is 41.0. The second-order valence-corrected chi connectivity index (χ2v) is 28.1. The highest BCUT2D eigenvalue weighted by Crippen LogP contribution is 2.38. The van der Waals surface area contributed by atoms with E-state index < -0.39 is 20.0 Å². The number of nitrogens with one attached hydrogen (secondary N) is 1. The van der Waals surface area contributed by atoms with Crippen molar-refractivity contribution in [1.82, 2.24) is 5.32 Å². The molecule has 0 aliphatic heterocycles. The summed E-state index contributed by atoms with van der Waals surface area (Å²) >= 11 is 0. The third-order valence-corrected chi connectivity index (χ3v) is 18.0. The average Bonchev–Trinajstić information content (AvgIpc) is 3.56. The van der Waals surface area contributed by atoms with E-state index in [-0.39, 0.29) is 19.1 Å². The van der Waals surface area contributed by atoms with Gasteiger partial charge in [0.25, 0.3) is 7.82 Å². The van der Waals surface area contributed by atoms with E-state index >= 15 is 0 Å². The van der Waals surface area contributed by atoms with Gasteiger partial charge < -0.3 is 28.8 Å². The van der Waals surface area contributed by atoms with Crippen molar-refractivity contribution in [2.24, 2.45) is 0 Å². The van der Waals surface area contributed by atoms with Crippen LogP contribution in [-0.4, -0.2) is 68.5 Å². The minimum absolute atomic E-state index is 0.00113. The Labute approximate surface area is 524 Å². The molecule has 0 fully saturated rings. The first-order valence-corrected chi connectivity index (χ1v) is 38.5. The summed E-state index contributed by atoms with van der Waals surface area (Å²) < 4.78 is 23.5. The van der Waals surface area contributed by atoms with Crippen molar-refractivity contribution in [3.8, 4) is 0 Å². The Kier molecular flexibility index (Phi) is 64.7. The maximum absolute atomic E-state index is 13.0. The van der Waals surface area contributed by atoms with Crippen LogP contribution in [0.3, 0.4) is 0 Å². The summed E-state index contributed by atoms with van der Waals surface area (Å²) in [6, 6.07) is -0.886. The minimum Gasteiger partial charge on any atom is -0.756 e. The number of hydrogen-bond acceptors (Lipinski definition) is 6. The molecule has 0 saturated heterocycles. The van der Waals surface area contributed by atoms with Gasteiger partial charge in [-0.25, -0.2) is 0 Å². The summed E-state index contributed by atoms with van der Waals surface area (Å²) in [5.41, 5.74) is 0. The Hall–Kier alpha value is -1.54. The molecule has 0 aliphatic carbocycles. The van der Waals surface area contributed by atoms with Crippen molar-refractivity contribution in [2.75, 3.05) is 40.9 Å². The summed E-state index contributed by atoms with van der Waals surface area (Å²) in [6.07, 6.45) is 89.7. The molecule has 3 atom stereocenters. The second kappa shape index (κ2) is 65.9. The van der Waals surface area contributed by atoms with Crippen molar-refractivity contribution in [1.29, 1.82) is 0 Å². The monoisotopic (exact) mass is 1200 g/mol. The Balaban J connectivity index is 3.91. The van der Waals surface area contributed by atoms with Gasteiger partial charge in [-0.3, -0.25) is 9.36 Å². The van der Waals surface area contributed by atoms with Gasteiger partial charge in [0.1, 0.15) is 13.2 Å². The van der Waals surface area contributed by atoms with Gasteiger partial charge in [0.05, 0.1) is 39.9 Å². The van der Waals surface area contributed by atoms with Gasteiger partial charge in [-0.1, -0.05) is 358 Å². The van der Waals surface area contributed by atoms with Crippen molar-refractivity contribution in [3.63, 3.8) is 0 Å². The molecular weight excluding hydrogens is 1060 g/mol. The predicted octanol–water partition coefficient (Wildman–Crippen LogP) is 23.2. The number of unbranched alkanes of at least 4 members (excludes halogenated alkanes) is 50. The number of aliphatic hydroxyl groups excluding tert-OH is 1. The van der Waals surface area contributed by atoms with Crippen LogP contribution in [0, 0.1) is 0 Å². The molecule has 1 amide bonds. The molecular formula is C75H145N2O6P.